The van der Waals surface area contributed by atoms with Gasteiger partial charge in [0.1, 0.15) is 5.75 Å². The van der Waals surface area contributed by atoms with Crippen molar-refractivity contribution in [3.8, 4) is 5.75 Å². The van der Waals surface area contributed by atoms with Crippen LogP contribution in [-0.2, 0) is 10.0 Å². The lowest BCUT2D eigenvalue weighted by Crippen LogP contribution is -2.17. The van der Waals surface area contributed by atoms with Crippen molar-refractivity contribution in [3.63, 3.8) is 0 Å². The number of sulfonamides is 1. The van der Waals surface area contributed by atoms with E-state index in [1.807, 2.05) is 0 Å². The molecule has 120 valence electrons. The predicted octanol–water partition coefficient (Wildman–Crippen LogP) is 1.53. The van der Waals surface area contributed by atoms with Gasteiger partial charge < -0.3 is 5.11 Å². The molecule has 2 rings (SSSR count). The highest BCUT2D eigenvalue weighted by molar-refractivity contribution is 7.92. The summed E-state index contributed by atoms with van der Waals surface area (Å²) in [6.07, 6.45) is 2.45. The molecule has 7 nitrogen and oxygen atoms in total. The largest absolute Gasteiger partial charge is 0.508 e. The molecule has 2 aromatic rings. The number of phenolic OH excluding ortho intramolecular Hbond substituents is 1. The average Bonchev–Trinajstić information content (AvgIpc) is 2.46. The summed E-state index contributed by atoms with van der Waals surface area (Å²) >= 11 is 0. The maximum Gasteiger partial charge on any atom is 0.271 e. The van der Waals surface area contributed by atoms with Crippen LogP contribution in [0, 0.1) is 0 Å². The number of hydrazone groups is 1. The zero-order chi connectivity index (χ0) is 16.9. The van der Waals surface area contributed by atoms with Crippen LogP contribution in [0.15, 0.2) is 53.6 Å². The number of amides is 1. The molecule has 0 bridgehead atoms. The molecule has 0 atom stereocenters. The van der Waals surface area contributed by atoms with E-state index < -0.39 is 15.9 Å². The van der Waals surface area contributed by atoms with Crippen molar-refractivity contribution in [2.45, 2.75) is 0 Å². The van der Waals surface area contributed by atoms with Crippen LogP contribution in [0.5, 0.6) is 5.75 Å². The van der Waals surface area contributed by atoms with Crippen molar-refractivity contribution in [3.05, 3.63) is 59.7 Å². The fourth-order valence-electron chi connectivity index (χ4n) is 1.74. The van der Waals surface area contributed by atoms with Gasteiger partial charge in [-0.2, -0.15) is 5.10 Å². The highest BCUT2D eigenvalue weighted by atomic mass is 32.2. The lowest BCUT2D eigenvalue weighted by molar-refractivity contribution is 0.0955. The summed E-state index contributed by atoms with van der Waals surface area (Å²) in [5.41, 5.74) is 3.68. The molecule has 0 radical (unpaired) electrons. The second-order valence-corrected chi connectivity index (χ2v) is 6.49. The van der Waals surface area contributed by atoms with E-state index in [1.54, 1.807) is 12.1 Å². The Morgan fingerprint density at radius 2 is 1.87 bits per heavy atom. The fourth-order valence-corrected chi connectivity index (χ4v) is 2.30. The van der Waals surface area contributed by atoms with Gasteiger partial charge in [0.05, 0.1) is 12.5 Å². The Morgan fingerprint density at radius 1 is 1.17 bits per heavy atom. The molecule has 23 heavy (non-hydrogen) atoms. The molecule has 1 amide bonds. The Bertz CT molecular complexity index is 830. The number of nitrogens with zero attached hydrogens (tertiary/aromatic N) is 1. The maximum atomic E-state index is 11.9. The van der Waals surface area contributed by atoms with E-state index in [4.69, 9.17) is 0 Å². The molecule has 0 aliphatic carbocycles. The summed E-state index contributed by atoms with van der Waals surface area (Å²) in [4.78, 5) is 11.9. The summed E-state index contributed by atoms with van der Waals surface area (Å²) in [5.74, 6) is -0.332. The summed E-state index contributed by atoms with van der Waals surface area (Å²) in [5, 5.41) is 13.1. The zero-order valence-electron chi connectivity index (χ0n) is 12.2. The SMILES string of the molecule is CS(=O)(=O)Nc1ccc(C(=O)N/N=C/c2cccc(O)c2)cc1. The predicted molar refractivity (Wildman–Crippen MR) is 88.1 cm³/mol. The molecule has 0 unspecified atom stereocenters. The molecule has 8 heteroatoms. The second-order valence-electron chi connectivity index (χ2n) is 4.75. The molecule has 0 heterocycles. The highest BCUT2D eigenvalue weighted by Gasteiger charge is 2.06. The Morgan fingerprint density at radius 3 is 2.48 bits per heavy atom. The Balaban J connectivity index is 1.98. The molecule has 0 aliphatic heterocycles. The number of anilines is 1. The third-order valence-corrected chi connectivity index (χ3v) is 3.31. The third kappa shape index (κ3) is 5.44. The van der Waals surface area contributed by atoms with Gasteiger partial charge in [-0.3, -0.25) is 9.52 Å². The van der Waals surface area contributed by atoms with Crippen LogP contribution in [0.2, 0.25) is 0 Å². The molecular weight excluding hydrogens is 318 g/mol. The van der Waals surface area contributed by atoms with Gasteiger partial charge in [0.25, 0.3) is 5.91 Å². The number of rotatable bonds is 5. The van der Waals surface area contributed by atoms with E-state index in [9.17, 15) is 18.3 Å². The molecule has 0 fully saturated rings. The number of nitrogens with one attached hydrogen (secondary N) is 2. The first-order chi connectivity index (χ1) is 10.8. The molecule has 0 saturated carbocycles. The van der Waals surface area contributed by atoms with Crippen LogP contribution in [0.3, 0.4) is 0 Å². The van der Waals surface area contributed by atoms with Gasteiger partial charge in [-0.1, -0.05) is 12.1 Å². The highest BCUT2D eigenvalue weighted by Crippen LogP contribution is 2.11. The van der Waals surface area contributed by atoms with E-state index in [0.717, 1.165) is 6.26 Å². The summed E-state index contributed by atoms with van der Waals surface area (Å²) in [6.45, 7) is 0. The van der Waals surface area contributed by atoms with Crippen molar-refractivity contribution in [2.24, 2.45) is 5.10 Å². The van der Waals surface area contributed by atoms with Gasteiger partial charge in [-0.05, 0) is 42.0 Å². The van der Waals surface area contributed by atoms with Gasteiger partial charge in [-0.25, -0.2) is 13.8 Å². The fraction of sp³-hybridized carbons (Fsp3) is 0.0667. The lowest BCUT2D eigenvalue weighted by Gasteiger charge is -2.04. The van der Waals surface area contributed by atoms with Gasteiger partial charge in [0.2, 0.25) is 10.0 Å². The normalized spacial score (nSPS) is 11.3. The molecule has 2 aromatic carbocycles. The molecular formula is C15H15N3O4S. The lowest BCUT2D eigenvalue weighted by atomic mass is 10.2. The van der Waals surface area contributed by atoms with E-state index in [2.05, 4.69) is 15.2 Å². The van der Waals surface area contributed by atoms with Crippen molar-refractivity contribution >= 4 is 27.8 Å². The first-order valence-electron chi connectivity index (χ1n) is 6.54. The summed E-state index contributed by atoms with van der Waals surface area (Å²) < 4.78 is 24.5. The van der Waals surface area contributed by atoms with Gasteiger partial charge >= 0.3 is 0 Å². The zero-order valence-corrected chi connectivity index (χ0v) is 13.0. The van der Waals surface area contributed by atoms with Crippen molar-refractivity contribution in [1.82, 2.24) is 5.43 Å². The van der Waals surface area contributed by atoms with Crippen LogP contribution in [-0.4, -0.2) is 31.9 Å². The van der Waals surface area contributed by atoms with E-state index >= 15 is 0 Å². The van der Waals surface area contributed by atoms with Gasteiger partial charge in [0.15, 0.2) is 0 Å². The van der Waals surface area contributed by atoms with Crippen LogP contribution in [0.4, 0.5) is 5.69 Å². The molecule has 0 spiro atoms. The van der Waals surface area contributed by atoms with Crippen LogP contribution < -0.4 is 10.1 Å². The molecule has 0 aromatic heterocycles. The molecule has 0 saturated heterocycles. The minimum Gasteiger partial charge on any atom is -0.508 e. The topological polar surface area (TPSA) is 108 Å². The molecule has 0 aliphatic rings. The standard InChI is InChI=1S/C15H15N3O4S/c1-23(21,22)18-13-7-5-12(6-8-13)15(20)17-16-10-11-3-2-4-14(19)9-11/h2-10,18-19H,1H3,(H,17,20)/b16-10+. The third-order valence-electron chi connectivity index (χ3n) is 2.70. The Hall–Kier alpha value is -2.87. The van der Waals surface area contributed by atoms with Crippen LogP contribution in [0.1, 0.15) is 15.9 Å². The van der Waals surface area contributed by atoms with Crippen LogP contribution >= 0.6 is 0 Å². The van der Waals surface area contributed by atoms with Gasteiger partial charge in [0, 0.05) is 11.3 Å². The smallest absolute Gasteiger partial charge is 0.271 e. The van der Waals surface area contributed by atoms with Crippen LogP contribution in [0.25, 0.3) is 0 Å². The van der Waals surface area contributed by atoms with Gasteiger partial charge in [-0.15, -0.1) is 0 Å². The number of carbonyl (C=O) groups excluding carboxylic acids is 1. The van der Waals surface area contributed by atoms with E-state index in [1.165, 1.54) is 42.6 Å². The van der Waals surface area contributed by atoms with Crippen molar-refractivity contribution < 1.29 is 18.3 Å². The number of phenols is 1. The first-order valence-corrected chi connectivity index (χ1v) is 8.43. The number of hydrogen-bond donors (Lipinski definition) is 3. The average molecular weight is 333 g/mol. The van der Waals surface area contributed by atoms with Crippen molar-refractivity contribution in [1.29, 1.82) is 0 Å². The Labute approximate surface area is 133 Å². The number of aromatic hydroxyl groups is 1. The second kappa shape index (κ2) is 6.93. The minimum absolute atomic E-state index is 0.106. The maximum absolute atomic E-state index is 11.9. The summed E-state index contributed by atoms with van der Waals surface area (Å²) in [6, 6.07) is 12.3. The monoisotopic (exact) mass is 333 g/mol. The number of hydrogen-bond acceptors (Lipinski definition) is 5. The Kier molecular flexibility index (Phi) is 4.97. The number of carbonyl (C=O) groups is 1. The number of benzene rings is 2. The first kappa shape index (κ1) is 16.5. The quantitative estimate of drug-likeness (QED) is 0.569. The van der Waals surface area contributed by atoms with E-state index in [0.29, 0.717) is 16.8 Å². The van der Waals surface area contributed by atoms with Crippen molar-refractivity contribution in [2.75, 3.05) is 11.0 Å². The summed E-state index contributed by atoms with van der Waals surface area (Å²) in [7, 11) is -3.35. The minimum atomic E-state index is -3.35. The van der Waals surface area contributed by atoms with E-state index in [-0.39, 0.29) is 5.75 Å². The molecule has 3 N–H and O–H groups in total.